The van der Waals surface area contributed by atoms with E-state index in [1.54, 1.807) is 30.3 Å². The molecule has 0 bridgehead atoms. The van der Waals surface area contributed by atoms with Crippen LogP contribution in [-0.4, -0.2) is 15.0 Å². The molecule has 206 valence electrons. The normalized spacial score (nSPS) is 17.9. The quantitative estimate of drug-likeness (QED) is 0.203. The maximum atomic E-state index is 9.59. The van der Waals surface area contributed by atoms with Gasteiger partial charge in [0.1, 0.15) is 0 Å². The lowest BCUT2D eigenvalue weighted by Crippen LogP contribution is -2.00. The van der Waals surface area contributed by atoms with Gasteiger partial charge in [-0.3, -0.25) is 0 Å². The summed E-state index contributed by atoms with van der Waals surface area (Å²) in [5.74, 6) is -1.10. The third-order valence-corrected chi connectivity index (χ3v) is 6.50. The maximum Gasteiger partial charge on any atom is 0.164 e. The predicted octanol–water partition coefficient (Wildman–Crippen LogP) is 10.5. The van der Waals surface area contributed by atoms with E-state index in [2.05, 4.69) is 15.0 Å². The lowest BCUT2D eigenvalue weighted by atomic mass is 9.95. The van der Waals surface area contributed by atoms with Gasteiger partial charge in [-0.1, -0.05) is 139 Å². The van der Waals surface area contributed by atoms with E-state index in [-0.39, 0.29) is 16.8 Å². The molecule has 0 unspecified atom stereocenters. The largest absolute Gasteiger partial charge is 0.208 e. The highest BCUT2D eigenvalue weighted by molar-refractivity contribution is 5.99. The van der Waals surface area contributed by atoms with Gasteiger partial charge < -0.3 is 0 Å². The summed E-state index contributed by atoms with van der Waals surface area (Å²) < 4.78 is 183. The van der Waals surface area contributed by atoms with Crippen molar-refractivity contribution in [3.8, 4) is 56.4 Å². The number of fused-ring (bicyclic) bond motifs is 2. The van der Waals surface area contributed by atoms with Crippen LogP contribution in [0.2, 0.25) is 0 Å². The molecule has 0 radical (unpaired) electrons. The summed E-state index contributed by atoms with van der Waals surface area (Å²) in [6.07, 6.45) is 0. The van der Waals surface area contributed by atoms with Crippen LogP contribution in [0, 0.1) is 0 Å². The van der Waals surface area contributed by atoms with Crippen LogP contribution in [0.25, 0.3) is 78.0 Å². The summed E-state index contributed by atoms with van der Waals surface area (Å²) in [5, 5.41) is -1.81. The van der Waals surface area contributed by atoms with Crippen molar-refractivity contribution in [2.75, 3.05) is 0 Å². The highest BCUT2D eigenvalue weighted by Gasteiger charge is 2.15. The number of nitrogens with zero attached hydrogens (tertiary/aromatic N) is 3. The minimum absolute atomic E-state index is 0.153. The number of benzene rings is 7. The van der Waals surface area contributed by atoms with Gasteiger partial charge in [-0.15, -0.1) is 0 Å². The Kier molecular flexibility index (Phi) is 3.01. The van der Waals surface area contributed by atoms with E-state index in [4.69, 9.17) is 24.7 Å². The third kappa shape index (κ3) is 4.91. The second-order valence-electron chi connectivity index (χ2n) is 9.25. The molecule has 0 aliphatic rings. The van der Waals surface area contributed by atoms with Crippen molar-refractivity contribution in [1.29, 1.82) is 0 Å². The van der Waals surface area contributed by atoms with Crippen LogP contribution in [0.1, 0.15) is 28.8 Å². The highest BCUT2D eigenvalue weighted by atomic mass is 15.0. The highest BCUT2D eigenvalue weighted by Crippen LogP contribution is 2.35. The molecule has 1 heterocycles. The number of hydrogen-bond donors (Lipinski definition) is 0. The minimum Gasteiger partial charge on any atom is -0.208 e. The smallest absolute Gasteiger partial charge is 0.164 e. The molecular weight excluding hydrogens is 534 g/mol. The molecule has 3 heteroatoms. The minimum atomic E-state index is -0.815. The second-order valence-corrected chi connectivity index (χ2v) is 9.25. The van der Waals surface area contributed by atoms with Crippen LogP contribution >= 0.6 is 0 Å². The van der Waals surface area contributed by atoms with Crippen LogP contribution < -0.4 is 0 Å². The summed E-state index contributed by atoms with van der Waals surface area (Å²) in [7, 11) is 0. The van der Waals surface area contributed by atoms with Crippen molar-refractivity contribution in [2.24, 2.45) is 0 Å². The molecule has 8 rings (SSSR count). The van der Waals surface area contributed by atoms with Gasteiger partial charge in [0.25, 0.3) is 0 Å². The van der Waals surface area contributed by atoms with Crippen LogP contribution in [0.4, 0.5) is 0 Å². The Morgan fingerprint density at radius 3 is 1.73 bits per heavy atom. The lowest BCUT2D eigenvalue weighted by Gasteiger charge is -2.13. The molecule has 0 fully saturated rings. The first kappa shape index (κ1) is 12.0. The summed E-state index contributed by atoms with van der Waals surface area (Å²) in [6.45, 7) is 0. The Balaban J connectivity index is 1.50. The number of hydrogen-bond acceptors (Lipinski definition) is 3. The first-order valence-corrected chi connectivity index (χ1v) is 13.1. The van der Waals surface area contributed by atoms with Crippen molar-refractivity contribution in [1.82, 2.24) is 15.0 Å². The molecule has 0 saturated carbocycles. The van der Waals surface area contributed by atoms with Crippen LogP contribution in [0.5, 0.6) is 0 Å². The number of rotatable bonds is 5. The first-order chi connectivity index (χ1) is 30.5. The molecule has 0 aliphatic carbocycles. The molecule has 1 aromatic heterocycles. The van der Waals surface area contributed by atoms with E-state index in [0.717, 1.165) is 6.07 Å². The van der Waals surface area contributed by atoms with E-state index in [9.17, 15) is 4.11 Å². The topological polar surface area (TPSA) is 38.7 Å². The summed E-state index contributed by atoms with van der Waals surface area (Å²) >= 11 is 0. The van der Waals surface area contributed by atoms with E-state index >= 15 is 0 Å². The molecule has 0 N–H and O–H groups in total. The average Bonchev–Trinajstić information content (AvgIpc) is 3.29. The van der Waals surface area contributed by atoms with Gasteiger partial charge in [-0.05, 0) is 68.0 Å². The summed E-state index contributed by atoms with van der Waals surface area (Å²) in [4.78, 5) is 13.6. The molecule has 44 heavy (non-hydrogen) atoms. The van der Waals surface area contributed by atoms with Gasteiger partial charge in [-0.25, -0.2) is 15.0 Å². The zero-order valence-electron chi connectivity index (χ0n) is 43.3. The van der Waals surface area contributed by atoms with E-state index in [1.165, 1.54) is 0 Å². The molecule has 0 saturated heterocycles. The molecule has 7 aromatic carbocycles. The van der Waals surface area contributed by atoms with E-state index < -0.39 is 183 Å². The second kappa shape index (κ2) is 11.0. The van der Waals surface area contributed by atoms with Gasteiger partial charge in [0.2, 0.25) is 0 Å². The molecule has 8 aromatic rings. The maximum absolute atomic E-state index is 9.59. The lowest BCUT2D eigenvalue weighted by molar-refractivity contribution is 1.08. The molecule has 0 spiro atoms. The summed E-state index contributed by atoms with van der Waals surface area (Å²) in [5.41, 5.74) is -2.78. The molecule has 3 nitrogen and oxygen atoms in total. The fraction of sp³-hybridized carbons (Fsp3) is 0. The van der Waals surface area contributed by atoms with Crippen molar-refractivity contribution >= 4 is 21.5 Å². The molecule has 0 amide bonds. The van der Waals surface area contributed by atoms with Crippen molar-refractivity contribution < 1.29 is 28.8 Å². The standard InChI is InChI=1S/C41H27N3/c1-4-12-28(13-5-1)31-20-21-33-25-35(23-22-32(33)24-31)40-42-39(30-16-8-3-9-17-30)43-41(44-40)36-26-34-18-10-11-19-37(34)38(27-36)29-14-6-2-7-15-29/h1-27H/i1D,2D,4D,5D,6D,7D,10D,11D,12D,13D,14D,15D,18D,19D,20D,21D,22D,24D,25D,26D,27D. The van der Waals surface area contributed by atoms with Crippen molar-refractivity contribution in [3.63, 3.8) is 0 Å². The first-order valence-electron chi connectivity index (χ1n) is 23.6. The molecular formula is C41H27N3. The Labute approximate surface area is 285 Å². The van der Waals surface area contributed by atoms with Crippen LogP contribution in [0.15, 0.2) is 163 Å². The summed E-state index contributed by atoms with van der Waals surface area (Å²) in [6, 6.07) is -6.55. The average molecular weight is 583 g/mol. The van der Waals surface area contributed by atoms with E-state index in [0.29, 0.717) is 5.56 Å². The van der Waals surface area contributed by atoms with Gasteiger partial charge >= 0.3 is 0 Å². The van der Waals surface area contributed by atoms with Crippen LogP contribution in [-0.2, 0) is 0 Å². The Morgan fingerprint density at radius 1 is 0.364 bits per heavy atom. The fourth-order valence-electron chi connectivity index (χ4n) is 4.48. The van der Waals surface area contributed by atoms with Gasteiger partial charge in [0.05, 0.1) is 28.8 Å². The Bertz CT molecular complexity index is 3390. The third-order valence-electron chi connectivity index (χ3n) is 6.50. The fourth-order valence-corrected chi connectivity index (χ4v) is 4.48. The van der Waals surface area contributed by atoms with Gasteiger partial charge in [0.15, 0.2) is 17.5 Å². The zero-order chi connectivity index (χ0) is 47.6. The monoisotopic (exact) mass is 582 g/mol. The van der Waals surface area contributed by atoms with Crippen molar-refractivity contribution in [3.05, 3.63) is 163 Å². The Hall–Kier alpha value is -5.93. The number of aromatic nitrogens is 3. The van der Waals surface area contributed by atoms with Crippen LogP contribution in [0.3, 0.4) is 0 Å². The SMILES string of the molecule is [2H]c1c([2H])c([2H])c(-c2c([2H])c([2H])c3c([2H])c(-c4nc(-c5ccccc5)nc(-c5c([2H])c(-c6c([2H])c([2H])c([2H])c([2H])c6[2H])c6c([2H])c([2H])c([2H])c([2H])c6c5[2H])n4)cc([2H])c3c2[2H])c([2H])c1[2H]. The van der Waals surface area contributed by atoms with Gasteiger partial charge in [-0.2, -0.15) is 0 Å². The predicted molar refractivity (Wildman–Crippen MR) is 182 cm³/mol. The zero-order valence-corrected chi connectivity index (χ0v) is 22.3. The Morgan fingerprint density at radius 2 is 0.955 bits per heavy atom. The molecule has 0 atom stereocenters. The van der Waals surface area contributed by atoms with Gasteiger partial charge in [0, 0.05) is 16.7 Å². The van der Waals surface area contributed by atoms with Crippen molar-refractivity contribution in [2.45, 2.75) is 0 Å². The molecule has 0 aliphatic heterocycles. The van der Waals surface area contributed by atoms with E-state index in [1.807, 2.05) is 0 Å².